The number of halogens is 1. The summed E-state index contributed by atoms with van der Waals surface area (Å²) in [5.74, 6) is 0.681. The SMILES string of the molecule is COc1ccc(Br)cc1/C=C1\SC(=S)N(C(C)C)C1=O. The molecule has 1 aromatic carbocycles. The monoisotopic (exact) mass is 371 g/mol. The molecule has 0 N–H and O–H groups in total. The van der Waals surface area contributed by atoms with Gasteiger partial charge in [-0.25, -0.2) is 0 Å². The lowest BCUT2D eigenvalue weighted by molar-refractivity contribution is -0.123. The molecule has 1 heterocycles. The molecule has 20 heavy (non-hydrogen) atoms. The number of amides is 1. The van der Waals surface area contributed by atoms with Gasteiger partial charge in [-0.05, 0) is 38.1 Å². The van der Waals surface area contributed by atoms with E-state index >= 15 is 0 Å². The first-order valence-electron chi connectivity index (χ1n) is 6.04. The molecule has 1 amide bonds. The van der Waals surface area contributed by atoms with Gasteiger partial charge in [-0.15, -0.1) is 0 Å². The van der Waals surface area contributed by atoms with Crippen LogP contribution in [-0.4, -0.2) is 28.3 Å². The second kappa shape index (κ2) is 6.28. The molecule has 0 radical (unpaired) electrons. The van der Waals surface area contributed by atoms with Crippen LogP contribution < -0.4 is 4.74 Å². The van der Waals surface area contributed by atoms with E-state index in [4.69, 9.17) is 17.0 Å². The van der Waals surface area contributed by atoms with Gasteiger partial charge in [0.2, 0.25) is 0 Å². The average molecular weight is 372 g/mol. The number of thioether (sulfide) groups is 1. The van der Waals surface area contributed by atoms with Crippen LogP contribution in [0, 0.1) is 0 Å². The first kappa shape index (κ1) is 15.5. The molecule has 106 valence electrons. The molecule has 1 saturated heterocycles. The van der Waals surface area contributed by atoms with E-state index in [2.05, 4.69) is 15.9 Å². The maximum atomic E-state index is 12.3. The maximum absolute atomic E-state index is 12.3. The van der Waals surface area contributed by atoms with Crippen LogP contribution in [0.1, 0.15) is 19.4 Å². The number of ether oxygens (including phenoxy) is 1. The zero-order valence-electron chi connectivity index (χ0n) is 11.3. The van der Waals surface area contributed by atoms with Crippen molar-refractivity contribution in [2.45, 2.75) is 19.9 Å². The third-order valence-electron chi connectivity index (χ3n) is 2.82. The Hall–Kier alpha value is -0.850. The van der Waals surface area contributed by atoms with Crippen molar-refractivity contribution in [3.63, 3.8) is 0 Å². The normalized spacial score (nSPS) is 17.4. The van der Waals surface area contributed by atoms with Crippen LogP contribution in [0.5, 0.6) is 5.75 Å². The number of carbonyl (C=O) groups excluding carboxylic acids is 1. The molecular weight excluding hydrogens is 358 g/mol. The highest BCUT2D eigenvalue weighted by Crippen LogP contribution is 2.35. The second-order valence-electron chi connectivity index (χ2n) is 4.53. The van der Waals surface area contributed by atoms with Gasteiger partial charge in [-0.3, -0.25) is 9.69 Å². The van der Waals surface area contributed by atoms with Gasteiger partial charge in [0.05, 0.1) is 12.0 Å². The van der Waals surface area contributed by atoms with Gasteiger partial charge in [0.15, 0.2) is 0 Å². The van der Waals surface area contributed by atoms with Gasteiger partial charge in [0.1, 0.15) is 10.1 Å². The van der Waals surface area contributed by atoms with Crippen molar-refractivity contribution in [2.24, 2.45) is 0 Å². The predicted octanol–water partition coefficient (Wildman–Crippen LogP) is 4.07. The molecule has 0 saturated carbocycles. The van der Waals surface area contributed by atoms with E-state index in [-0.39, 0.29) is 11.9 Å². The van der Waals surface area contributed by atoms with Gasteiger partial charge in [0.25, 0.3) is 5.91 Å². The Morgan fingerprint density at radius 1 is 1.45 bits per heavy atom. The van der Waals surface area contributed by atoms with Crippen molar-refractivity contribution < 1.29 is 9.53 Å². The van der Waals surface area contributed by atoms with Gasteiger partial charge in [0, 0.05) is 16.1 Å². The van der Waals surface area contributed by atoms with Gasteiger partial charge < -0.3 is 4.74 Å². The molecule has 6 heteroatoms. The highest BCUT2D eigenvalue weighted by Gasteiger charge is 2.33. The summed E-state index contributed by atoms with van der Waals surface area (Å²) in [6, 6.07) is 5.74. The Labute approximate surface area is 136 Å². The van der Waals surface area contributed by atoms with Crippen LogP contribution >= 0.6 is 39.9 Å². The van der Waals surface area contributed by atoms with Crippen molar-refractivity contribution in [3.8, 4) is 5.75 Å². The van der Waals surface area contributed by atoms with Crippen molar-refractivity contribution >= 4 is 56.2 Å². The van der Waals surface area contributed by atoms with E-state index in [9.17, 15) is 4.79 Å². The number of nitrogens with zero attached hydrogens (tertiary/aromatic N) is 1. The average Bonchev–Trinajstić information content (AvgIpc) is 2.64. The minimum absolute atomic E-state index is 0.0444. The molecule has 0 atom stereocenters. The molecule has 0 aliphatic carbocycles. The fraction of sp³-hybridized carbons (Fsp3) is 0.286. The van der Waals surface area contributed by atoms with Crippen LogP contribution in [0.2, 0.25) is 0 Å². The van der Waals surface area contributed by atoms with Gasteiger partial charge in [-0.1, -0.05) is 39.9 Å². The maximum Gasteiger partial charge on any atom is 0.266 e. The first-order chi connectivity index (χ1) is 9.43. The summed E-state index contributed by atoms with van der Waals surface area (Å²) in [7, 11) is 1.61. The number of rotatable bonds is 3. The van der Waals surface area contributed by atoms with E-state index in [1.54, 1.807) is 12.0 Å². The number of hydrogen-bond acceptors (Lipinski definition) is 4. The highest BCUT2D eigenvalue weighted by atomic mass is 79.9. The summed E-state index contributed by atoms with van der Waals surface area (Å²) in [5, 5.41) is 0. The molecule has 1 aliphatic rings. The molecule has 0 aromatic heterocycles. The fourth-order valence-electron chi connectivity index (χ4n) is 1.88. The Morgan fingerprint density at radius 3 is 2.70 bits per heavy atom. The quantitative estimate of drug-likeness (QED) is 0.591. The molecule has 1 fully saturated rings. The molecular formula is C14H14BrNO2S2. The number of thiocarbonyl (C=S) groups is 1. The molecule has 0 spiro atoms. The summed E-state index contributed by atoms with van der Waals surface area (Å²) >= 11 is 10.0. The van der Waals surface area contributed by atoms with E-state index < -0.39 is 0 Å². The zero-order valence-corrected chi connectivity index (χ0v) is 14.6. The fourth-order valence-corrected chi connectivity index (χ4v) is 3.78. The Bertz CT molecular complexity index is 599. The van der Waals surface area contributed by atoms with Gasteiger partial charge >= 0.3 is 0 Å². The van der Waals surface area contributed by atoms with E-state index in [0.29, 0.717) is 9.23 Å². The molecule has 2 rings (SSSR count). The molecule has 0 unspecified atom stereocenters. The Balaban J connectivity index is 2.40. The Morgan fingerprint density at radius 2 is 2.15 bits per heavy atom. The van der Waals surface area contributed by atoms with Crippen LogP contribution in [0.4, 0.5) is 0 Å². The summed E-state index contributed by atoms with van der Waals surface area (Å²) in [6.45, 7) is 3.90. The van der Waals surface area contributed by atoms with E-state index in [1.165, 1.54) is 11.8 Å². The van der Waals surface area contributed by atoms with Crippen molar-refractivity contribution in [2.75, 3.05) is 7.11 Å². The zero-order chi connectivity index (χ0) is 14.9. The third-order valence-corrected chi connectivity index (χ3v) is 4.64. The van der Waals surface area contributed by atoms with E-state index in [0.717, 1.165) is 15.8 Å². The van der Waals surface area contributed by atoms with Crippen LogP contribution in [0.25, 0.3) is 6.08 Å². The van der Waals surface area contributed by atoms with Crippen LogP contribution in [0.3, 0.4) is 0 Å². The Kier molecular flexibility index (Phi) is 4.88. The minimum atomic E-state index is -0.0444. The summed E-state index contributed by atoms with van der Waals surface area (Å²) in [6.07, 6.45) is 1.82. The smallest absolute Gasteiger partial charge is 0.266 e. The lowest BCUT2D eigenvalue weighted by Crippen LogP contribution is -2.34. The standard InChI is InChI=1S/C14H14BrNO2S2/c1-8(2)16-13(17)12(20-14(16)19)7-9-6-10(15)4-5-11(9)18-3/h4-8H,1-3H3/b12-7-. The van der Waals surface area contributed by atoms with Crippen LogP contribution in [0.15, 0.2) is 27.6 Å². The number of carbonyl (C=O) groups is 1. The second-order valence-corrected chi connectivity index (χ2v) is 7.12. The summed E-state index contributed by atoms with van der Waals surface area (Å²) in [5.41, 5.74) is 0.853. The third kappa shape index (κ3) is 3.07. The predicted molar refractivity (Wildman–Crippen MR) is 90.8 cm³/mol. The minimum Gasteiger partial charge on any atom is -0.496 e. The molecule has 0 bridgehead atoms. The lowest BCUT2D eigenvalue weighted by Gasteiger charge is -2.18. The topological polar surface area (TPSA) is 29.5 Å². The van der Waals surface area contributed by atoms with Crippen molar-refractivity contribution in [1.82, 2.24) is 4.90 Å². The van der Waals surface area contributed by atoms with Crippen LogP contribution in [-0.2, 0) is 4.79 Å². The first-order valence-corrected chi connectivity index (χ1v) is 8.06. The molecule has 1 aromatic rings. The van der Waals surface area contributed by atoms with Crippen molar-refractivity contribution in [3.05, 3.63) is 33.1 Å². The number of methoxy groups -OCH3 is 1. The lowest BCUT2D eigenvalue weighted by atomic mass is 10.2. The van der Waals surface area contributed by atoms with Crippen molar-refractivity contribution in [1.29, 1.82) is 0 Å². The molecule has 1 aliphatic heterocycles. The number of hydrogen-bond donors (Lipinski definition) is 0. The highest BCUT2D eigenvalue weighted by molar-refractivity contribution is 9.10. The van der Waals surface area contributed by atoms with Gasteiger partial charge in [-0.2, -0.15) is 0 Å². The summed E-state index contributed by atoms with van der Waals surface area (Å²) < 4.78 is 6.85. The van der Waals surface area contributed by atoms with E-state index in [1.807, 2.05) is 38.1 Å². The largest absolute Gasteiger partial charge is 0.496 e. The number of benzene rings is 1. The summed E-state index contributed by atoms with van der Waals surface area (Å²) in [4.78, 5) is 14.6. The molecule has 3 nitrogen and oxygen atoms in total.